The van der Waals surface area contributed by atoms with Crippen molar-refractivity contribution in [3.63, 3.8) is 0 Å². The molecule has 1 atom stereocenters. The monoisotopic (exact) mass is 222 g/mol. The average Bonchev–Trinajstić information content (AvgIpc) is 2.67. The van der Waals surface area contributed by atoms with Gasteiger partial charge in [-0.1, -0.05) is 6.07 Å². The molecule has 0 spiro atoms. The molecule has 2 N–H and O–H groups in total. The minimum absolute atomic E-state index is 0.152. The van der Waals surface area contributed by atoms with E-state index in [0.717, 1.165) is 37.2 Å². The maximum Gasteiger partial charge on any atom is 0.123 e. The summed E-state index contributed by atoms with van der Waals surface area (Å²) in [6, 6.07) is 4.97. The van der Waals surface area contributed by atoms with Gasteiger partial charge in [-0.3, -0.25) is 0 Å². The molecule has 3 heteroatoms. The molecule has 1 aromatic rings. The highest BCUT2D eigenvalue weighted by Crippen LogP contribution is 2.16. The van der Waals surface area contributed by atoms with E-state index in [-0.39, 0.29) is 11.4 Å². The Morgan fingerprint density at radius 3 is 3.00 bits per heavy atom. The molecule has 2 nitrogen and oxygen atoms in total. The SMILES string of the molecule is Cc1ccc(F)cc1CNC1(C)CCNC1. The van der Waals surface area contributed by atoms with Crippen LogP contribution in [0.1, 0.15) is 24.5 Å². The van der Waals surface area contributed by atoms with Gasteiger partial charge in [-0.15, -0.1) is 0 Å². The molecule has 1 unspecified atom stereocenters. The molecule has 0 radical (unpaired) electrons. The molecule has 0 saturated carbocycles. The summed E-state index contributed by atoms with van der Waals surface area (Å²) in [5.74, 6) is -0.155. The second-order valence-corrected chi connectivity index (χ2v) is 4.91. The van der Waals surface area contributed by atoms with Crippen molar-refractivity contribution < 1.29 is 4.39 Å². The van der Waals surface area contributed by atoms with E-state index in [1.807, 2.05) is 13.0 Å². The molecule has 0 aromatic heterocycles. The highest BCUT2D eigenvalue weighted by atomic mass is 19.1. The first kappa shape index (κ1) is 11.6. The van der Waals surface area contributed by atoms with Gasteiger partial charge in [0.15, 0.2) is 0 Å². The maximum atomic E-state index is 13.1. The summed E-state index contributed by atoms with van der Waals surface area (Å²) in [5, 5.41) is 6.85. The summed E-state index contributed by atoms with van der Waals surface area (Å²) in [6.07, 6.45) is 1.13. The van der Waals surface area contributed by atoms with Gasteiger partial charge in [-0.05, 0) is 50.1 Å². The van der Waals surface area contributed by atoms with Crippen LogP contribution in [0.25, 0.3) is 0 Å². The molecular weight excluding hydrogens is 203 g/mol. The fourth-order valence-corrected chi connectivity index (χ4v) is 2.11. The number of rotatable bonds is 3. The van der Waals surface area contributed by atoms with Crippen molar-refractivity contribution in [2.75, 3.05) is 13.1 Å². The Hall–Kier alpha value is -0.930. The van der Waals surface area contributed by atoms with Crippen molar-refractivity contribution >= 4 is 0 Å². The Bertz CT molecular complexity index is 370. The van der Waals surface area contributed by atoms with E-state index in [4.69, 9.17) is 0 Å². The second kappa shape index (κ2) is 4.52. The predicted molar refractivity (Wildman–Crippen MR) is 63.9 cm³/mol. The van der Waals surface area contributed by atoms with Crippen LogP contribution in [0.4, 0.5) is 4.39 Å². The Morgan fingerprint density at radius 2 is 2.31 bits per heavy atom. The Labute approximate surface area is 96.2 Å². The highest BCUT2D eigenvalue weighted by molar-refractivity contribution is 5.26. The van der Waals surface area contributed by atoms with Crippen LogP contribution in [0.3, 0.4) is 0 Å². The molecule has 1 fully saturated rings. The lowest BCUT2D eigenvalue weighted by atomic mass is 10.0. The molecule has 16 heavy (non-hydrogen) atoms. The number of benzene rings is 1. The Morgan fingerprint density at radius 1 is 1.50 bits per heavy atom. The Kier molecular flexibility index (Phi) is 3.26. The van der Waals surface area contributed by atoms with Gasteiger partial charge in [-0.25, -0.2) is 4.39 Å². The standard InChI is InChI=1S/C13H19FN2/c1-10-3-4-12(14)7-11(10)8-16-13(2)5-6-15-9-13/h3-4,7,15-16H,5-6,8-9H2,1-2H3. The van der Waals surface area contributed by atoms with E-state index in [1.165, 1.54) is 6.07 Å². The van der Waals surface area contributed by atoms with Crippen molar-refractivity contribution in [3.8, 4) is 0 Å². The molecule has 1 aromatic carbocycles. The van der Waals surface area contributed by atoms with Crippen LogP contribution in [-0.4, -0.2) is 18.6 Å². The lowest BCUT2D eigenvalue weighted by Crippen LogP contribution is -2.43. The topological polar surface area (TPSA) is 24.1 Å². The van der Waals surface area contributed by atoms with Gasteiger partial charge in [0.05, 0.1) is 0 Å². The lowest BCUT2D eigenvalue weighted by Gasteiger charge is -2.25. The first-order chi connectivity index (χ1) is 7.59. The van der Waals surface area contributed by atoms with Crippen LogP contribution in [0.15, 0.2) is 18.2 Å². The van der Waals surface area contributed by atoms with E-state index in [2.05, 4.69) is 17.6 Å². The number of aryl methyl sites for hydroxylation is 1. The average molecular weight is 222 g/mol. The summed E-state index contributed by atoms with van der Waals surface area (Å²) in [6.45, 7) is 7.02. The van der Waals surface area contributed by atoms with Crippen molar-refractivity contribution in [1.82, 2.24) is 10.6 Å². The smallest absolute Gasteiger partial charge is 0.123 e. The zero-order valence-electron chi connectivity index (χ0n) is 9.94. The summed E-state index contributed by atoms with van der Waals surface area (Å²) in [4.78, 5) is 0. The van der Waals surface area contributed by atoms with Crippen LogP contribution < -0.4 is 10.6 Å². The van der Waals surface area contributed by atoms with E-state index < -0.39 is 0 Å². The first-order valence-electron chi connectivity index (χ1n) is 5.80. The normalized spacial score (nSPS) is 24.9. The molecule has 1 aliphatic rings. The van der Waals surface area contributed by atoms with Gasteiger partial charge in [0, 0.05) is 18.6 Å². The van der Waals surface area contributed by atoms with Gasteiger partial charge in [0.2, 0.25) is 0 Å². The molecule has 1 aliphatic heterocycles. The number of nitrogens with one attached hydrogen (secondary N) is 2. The zero-order chi connectivity index (χ0) is 11.6. The molecule has 2 rings (SSSR count). The summed E-state index contributed by atoms with van der Waals surface area (Å²) >= 11 is 0. The minimum atomic E-state index is -0.155. The largest absolute Gasteiger partial charge is 0.315 e. The van der Waals surface area contributed by atoms with Crippen LogP contribution in [0.5, 0.6) is 0 Å². The third-order valence-electron chi connectivity index (χ3n) is 3.39. The van der Waals surface area contributed by atoms with Gasteiger partial charge in [0.25, 0.3) is 0 Å². The van der Waals surface area contributed by atoms with Gasteiger partial charge in [-0.2, -0.15) is 0 Å². The number of halogens is 1. The molecule has 1 heterocycles. The zero-order valence-corrected chi connectivity index (χ0v) is 9.94. The van der Waals surface area contributed by atoms with E-state index in [0.29, 0.717) is 0 Å². The van der Waals surface area contributed by atoms with Crippen LogP contribution >= 0.6 is 0 Å². The molecule has 0 amide bonds. The van der Waals surface area contributed by atoms with Crippen molar-refractivity contribution in [1.29, 1.82) is 0 Å². The van der Waals surface area contributed by atoms with Gasteiger partial charge in [0.1, 0.15) is 5.82 Å². The molecule has 0 aliphatic carbocycles. The van der Waals surface area contributed by atoms with Gasteiger partial charge < -0.3 is 10.6 Å². The molecule has 88 valence electrons. The lowest BCUT2D eigenvalue weighted by molar-refractivity contribution is 0.385. The van der Waals surface area contributed by atoms with Crippen LogP contribution in [0, 0.1) is 12.7 Å². The second-order valence-electron chi connectivity index (χ2n) is 4.91. The van der Waals surface area contributed by atoms with Crippen LogP contribution in [-0.2, 0) is 6.54 Å². The molecule has 0 bridgehead atoms. The van der Waals surface area contributed by atoms with E-state index in [1.54, 1.807) is 6.07 Å². The van der Waals surface area contributed by atoms with E-state index in [9.17, 15) is 4.39 Å². The summed E-state index contributed by atoms with van der Waals surface area (Å²) in [7, 11) is 0. The van der Waals surface area contributed by atoms with Crippen molar-refractivity contribution in [2.24, 2.45) is 0 Å². The first-order valence-corrected chi connectivity index (χ1v) is 5.80. The van der Waals surface area contributed by atoms with Crippen molar-refractivity contribution in [2.45, 2.75) is 32.4 Å². The maximum absolute atomic E-state index is 13.1. The van der Waals surface area contributed by atoms with E-state index >= 15 is 0 Å². The number of hydrogen-bond acceptors (Lipinski definition) is 2. The Balaban J connectivity index is 2.01. The third kappa shape index (κ3) is 2.60. The summed E-state index contributed by atoms with van der Waals surface area (Å²) < 4.78 is 13.1. The highest BCUT2D eigenvalue weighted by Gasteiger charge is 2.27. The van der Waals surface area contributed by atoms with Crippen molar-refractivity contribution in [3.05, 3.63) is 35.1 Å². The fraction of sp³-hybridized carbons (Fsp3) is 0.538. The summed E-state index contributed by atoms with van der Waals surface area (Å²) in [5.41, 5.74) is 2.34. The molecular formula is C13H19FN2. The van der Waals surface area contributed by atoms with Crippen LogP contribution in [0.2, 0.25) is 0 Å². The minimum Gasteiger partial charge on any atom is -0.315 e. The molecule has 1 saturated heterocycles. The number of hydrogen-bond donors (Lipinski definition) is 2. The van der Waals surface area contributed by atoms with Gasteiger partial charge >= 0.3 is 0 Å². The fourth-order valence-electron chi connectivity index (χ4n) is 2.11. The predicted octanol–water partition coefficient (Wildman–Crippen LogP) is 1.98. The third-order valence-corrected chi connectivity index (χ3v) is 3.39. The quantitative estimate of drug-likeness (QED) is 0.817.